The van der Waals surface area contributed by atoms with Crippen LogP contribution in [0, 0.1) is 0 Å². The molecular formula is C23H26ClN3O3. The summed E-state index contributed by atoms with van der Waals surface area (Å²) in [6.07, 6.45) is 0.299. The van der Waals surface area contributed by atoms with Crippen molar-refractivity contribution in [3.63, 3.8) is 0 Å². The number of likely N-dealkylation sites (tertiary alicyclic amines) is 1. The van der Waals surface area contributed by atoms with Crippen molar-refractivity contribution in [1.29, 1.82) is 0 Å². The number of carbonyl (C=O) groups is 1. The molecule has 1 aromatic heterocycles. The monoisotopic (exact) mass is 427 g/mol. The molecule has 0 bridgehead atoms. The predicted octanol–water partition coefficient (Wildman–Crippen LogP) is 5.13. The zero-order chi connectivity index (χ0) is 21.3. The zero-order valence-electron chi connectivity index (χ0n) is 17.5. The van der Waals surface area contributed by atoms with Crippen molar-refractivity contribution in [2.45, 2.75) is 45.4 Å². The van der Waals surface area contributed by atoms with E-state index in [9.17, 15) is 4.79 Å². The summed E-state index contributed by atoms with van der Waals surface area (Å²) in [6, 6.07) is 16.3. The quantitative estimate of drug-likeness (QED) is 0.579. The number of rotatable bonds is 4. The molecule has 3 aromatic rings. The lowest BCUT2D eigenvalue weighted by molar-refractivity contribution is 0.0273. The first-order chi connectivity index (χ1) is 14.3. The van der Waals surface area contributed by atoms with E-state index in [-0.39, 0.29) is 12.2 Å². The van der Waals surface area contributed by atoms with E-state index in [1.807, 2.05) is 69.3 Å². The molecule has 0 N–H and O–H groups in total. The Hall–Kier alpha value is -2.73. The van der Waals surface area contributed by atoms with E-state index in [1.54, 1.807) is 4.90 Å². The smallest absolute Gasteiger partial charge is 0.410 e. The minimum Gasteiger partial charge on any atom is -0.459 e. The fraction of sp³-hybridized carbons (Fsp3) is 0.391. The van der Waals surface area contributed by atoms with Gasteiger partial charge in [-0.15, -0.1) is 0 Å². The minimum atomic E-state index is -0.513. The van der Waals surface area contributed by atoms with Crippen LogP contribution in [0.15, 0.2) is 48.5 Å². The highest BCUT2D eigenvalue weighted by atomic mass is 35.5. The number of imidazole rings is 1. The molecule has 1 aliphatic rings. The van der Waals surface area contributed by atoms with Gasteiger partial charge in [-0.2, -0.15) is 4.98 Å². The van der Waals surface area contributed by atoms with Gasteiger partial charge < -0.3 is 14.4 Å². The number of aromatic nitrogens is 2. The molecule has 0 unspecified atom stereocenters. The van der Waals surface area contributed by atoms with E-state index >= 15 is 0 Å². The molecule has 2 aromatic carbocycles. The summed E-state index contributed by atoms with van der Waals surface area (Å²) in [5.41, 5.74) is 2.42. The Kier molecular flexibility index (Phi) is 5.60. The van der Waals surface area contributed by atoms with Crippen LogP contribution in [-0.4, -0.2) is 45.3 Å². The highest BCUT2D eigenvalue weighted by Gasteiger charge is 2.32. The molecule has 1 atom stereocenters. The van der Waals surface area contributed by atoms with Crippen molar-refractivity contribution < 1.29 is 14.3 Å². The van der Waals surface area contributed by atoms with Gasteiger partial charge in [-0.3, -0.25) is 4.57 Å². The Bertz CT molecular complexity index is 1060. The number of amides is 1. The summed E-state index contributed by atoms with van der Waals surface area (Å²) < 4.78 is 13.8. The molecule has 4 rings (SSSR count). The molecular weight excluding hydrogens is 402 g/mol. The van der Waals surface area contributed by atoms with Gasteiger partial charge in [-0.05, 0) is 50.6 Å². The first-order valence-corrected chi connectivity index (χ1v) is 10.5. The molecule has 2 heterocycles. The van der Waals surface area contributed by atoms with Gasteiger partial charge in [0.25, 0.3) is 6.01 Å². The van der Waals surface area contributed by atoms with Crippen molar-refractivity contribution >= 4 is 28.7 Å². The summed E-state index contributed by atoms with van der Waals surface area (Å²) in [5, 5.41) is 0.697. The summed E-state index contributed by atoms with van der Waals surface area (Å²) >= 11 is 6.17. The van der Waals surface area contributed by atoms with Crippen LogP contribution in [0.25, 0.3) is 11.0 Å². The zero-order valence-corrected chi connectivity index (χ0v) is 18.2. The predicted molar refractivity (Wildman–Crippen MR) is 117 cm³/mol. The average molecular weight is 428 g/mol. The fourth-order valence-corrected chi connectivity index (χ4v) is 3.79. The van der Waals surface area contributed by atoms with E-state index in [2.05, 4.69) is 4.57 Å². The number of hydrogen-bond acceptors (Lipinski definition) is 4. The number of ether oxygens (including phenoxy) is 2. The van der Waals surface area contributed by atoms with Crippen molar-refractivity contribution in [3.8, 4) is 6.01 Å². The largest absolute Gasteiger partial charge is 0.459 e. The van der Waals surface area contributed by atoms with Crippen LogP contribution >= 0.6 is 11.6 Å². The Morgan fingerprint density at radius 3 is 2.77 bits per heavy atom. The summed E-state index contributed by atoms with van der Waals surface area (Å²) in [4.78, 5) is 18.7. The van der Waals surface area contributed by atoms with Crippen LogP contribution in [0.4, 0.5) is 4.79 Å². The molecule has 1 amide bonds. The maximum atomic E-state index is 12.4. The third-order valence-corrected chi connectivity index (χ3v) is 5.15. The molecule has 1 aliphatic heterocycles. The van der Waals surface area contributed by atoms with Crippen LogP contribution in [0.2, 0.25) is 5.02 Å². The van der Waals surface area contributed by atoms with Crippen LogP contribution in [0.5, 0.6) is 6.01 Å². The van der Waals surface area contributed by atoms with Crippen LogP contribution < -0.4 is 4.74 Å². The van der Waals surface area contributed by atoms with Gasteiger partial charge in [0, 0.05) is 18.0 Å². The van der Waals surface area contributed by atoms with Crippen LogP contribution in [0.3, 0.4) is 0 Å². The van der Waals surface area contributed by atoms with Crippen molar-refractivity contribution in [3.05, 3.63) is 59.1 Å². The number of halogens is 1. The topological polar surface area (TPSA) is 56.6 Å². The third kappa shape index (κ3) is 4.70. The van der Waals surface area contributed by atoms with Crippen molar-refractivity contribution in [2.24, 2.45) is 0 Å². The third-order valence-electron chi connectivity index (χ3n) is 4.92. The maximum Gasteiger partial charge on any atom is 0.410 e. The number of benzene rings is 2. The van der Waals surface area contributed by atoms with Gasteiger partial charge in [0.2, 0.25) is 0 Å². The second kappa shape index (κ2) is 8.19. The minimum absolute atomic E-state index is 0.132. The van der Waals surface area contributed by atoms with E-state index < -0.39 is 5.60 Å². The van der Waals surface area contributed by atoms with Crippen molar-refractivity contribution in [1.82, 2.24) is 14.5 Å². The molecule has 1 fully saturated rings. The van der Waals surface area contributed by atoms with E-state index in [0.29, 0.717) is 30.7 Å². The molecule has 0 aliphatic carbocycles. The Labute approximate surface area is 181 Å². The summed E-state index contributed by atoms with van der Waals surface area (Å²) in [5.74, 6) is 0. The molecule has 7 heteroatoms. The van der Waals surface area contributed by atoms with Gasteiger partial charge in [-0.25, -0.2) is 4.79 Å². The van der Waals surface area contributed by atoms with E-state index in [0.717, 1.165) is 23.0 Å². The van der Waals surface area contributed by atoms with Gasteiger partial charge in [0.15, 0.2) is 0 Å². The molecule has 30 heavy (non-hydrogen) atoms. The fourth-order valence-electron chi connectivity index (χ4n) is 3.58. The lowest BCUT2D eigenvalue weighted by Crippen LogP contribution is -2.36. The summed E-state index contributed by atoms with van der Waals surface area (Å²) in [7, 11) is 0. The van der Waals surface area contributed by atoms with Crippen LogP contribution in [-0.2, 0) is 11.3 Å². The molecule has 0 radical (unpaired) electrons. The van der Waals surface area contributed by atoms with Gasteiger partial charge in [0.1, 0.15) is 11.7 Å². The highest BCUT2D eigenvalue weighted by molar-refractivity contribution is 6.30. The SMILES string of the molecule is CC(C)(C)OC(=O)N1CC[C@H](Oc2nc3ccccc3n2Cc2cccc(Cl)c2)C1. The first-order valence-electron chi connectivity index (χ1n) is 10.1. The average Bonchev–Trinajstić information content (AvgIpc) is 3.26. The molecule has 158 valence electrons. The number of fused-ring (bicyclic) bond motifs is 1. The Balaban J connectivity index is 1.54. The van der Waals surface area contributed by atoms with E-state index in [4.69, 9.17) is 26.1 Å². The standard InChI is InChI=1S/C23H26ClN3O3/c1-23(2,3)30-22(28)26-12-11-18(15-26)29-21-25-19-9-4-5-10-20(19)27(21)14-16-7-6-8-17(24)13-16/h4-10,13,18H,11-12,14-15H2,1-3H3/t18-/m0/s1. The molecule has 0 spiro atoms. The molecule has 0 saturated carbocycles. The number of carbonyl (C=O) groups excluding carboxylic acids is 1. The van der Waals surface area contributed by atoms with Crippen molar-refractivity contribution in [2.75, 3.05) is 13.1 Å². The van der Waals surface area contributed by atoms with Gasteiger partial charge in [-0.1, -0.05) is 35.9 Å². The van der Waals surface area contributed by atoms with Gasteiger partial charge in [0.05, 0.1) is 24.1 Å². The molecule has 6 nitrogen and oxygen atoms in total. The number of hydrogen-bond donors (Lipinski definition) is 0. The lowest BCUT2D eigenvalue weighted by Gasteiger charge is -2.24. The second-order valence-corrected chi connectivity index (χ2v) is 8.99. The normalized spacial score (nSPS) is 16.8. The Morgan fingerprint density at radius 1 is 1.20 bits per heavy atom. The maximum absolute atomic E-state index is 12.4. The van der Waals surface area contributed by atoms with Gasteiger partial charge >= 0.3 is 6.09 Å². The number of para-hydroxylation sites is 2. The lowest BCUT2D eigenvalue weighted by atomic mass is 10.2. The van der Waals surface area contributed by atoms with E-state index in [1.165, 1.54) is 0 Å². The highest BCUT2D eigenvalue weighted by Crippen LogP contribution is 2.26. The Morgan fingerprint density at radius 2 is 2.00 bits per heavy atom. The molecule has 1 saturated heterocycles. The number of nitrogens with zero attached hydrogens (tertiary/aromatic N) is 3. The summed E-state index contributed by atoms with van der Waals surface area (Å²) in [6.45, 7) is 7.29. The first kappa shape index (κ1) is 20.5. The second-order valence-electron chi connectivity index (χ2n) is 8.55. The van der Waals surface area contributed by atoms with Crippen LogP contribution in [0.1, 0.15) is 32.8 Å².